The number of hydrogen-bond donors (Lipinski definition) is 0. The van der Waals surface area contributed by atoms with Crippen LogP contribution in [0.25, 0.3) is 99.1 Å². The summed E-state index contributed by atoms with van der Waals surface area (Å²) in [7, 11) is 0. The summed E-state index contributed by atoms with van der Waals surface area (Å²) in [6.45, 7) is 0. The van der Waals surface area contributed by atoms with E-state index in [1.807, 2.05) is 0 Å². The molecule has 12 rings (SSSR count). The van der Waals surface area contributed by atoms with Crippen molar-refractivity contribution in [2.24, 2.45) is 0 Å². The quantitative estimate of drug-likeness (QED) is 0.179. The number of ether oxygens (including phenoxy) is 1. The van der Waals surface area contributed by atoms with Gasteiger partial charge in [0.05, 0.1) is 22.1 Å². The topological polar surface area (TPSA) is 19.1 Å². The molecule has 0 radical (unpaired) electrons. The third-order valence-corrected chi connectivity index (χ3v) is 11.5. The maximum atomic E-state index is 6.84. The van der Waals surface area contributed by atoms with Gasteiger partial charge in [0.15, 0.2) is 0 Å². The Morgan fingerprint density at radius 1 is 0.291 bits per heavy atom. The van der Waals surface area contributed by atoms with E-state index in [1.54, 1.807) is 0 Å². The Balaban J connectivity index is 1.01. The van der Waals surface area contributed by atoms with Crippen LogP contribution < -0.4 is 4.74 Å². The van der Waals surface area contributed by atoms with Gasteiger partial charge in [-0.2, -0.15) is 0 Å². The summed E-state index contributed by atoms with van der Waals surface area (Å²) < 4.78 is 11.6. The molecule has 11 aromatic rings. The highest BCUT2D eigenvalue weighted by atomic mass is 16.5. The number of para-hydroxylation sites is 3. The Bertz CT molecular complexity index is 3330. The lowest BCUT2D eigenvalue weighted by atomic mass is 9.90. The second-order valence-corrected chi connectivity index (χ2v) is 14.5. The number of hydrogen-bond acceptors (Lipinski definition) is 1. The van der Waals surface area contributed by atoms with Gasteiger partial charge in [0.25, 0.3) is 0 Å². The zero-order valence-electron chi connectivity index (χ0n) is 29.8. The zero-order valence-corrected chi connectivity index (χ0v) is 29.8. The summed E-state index contributed by atoms with van der Waals surface area (Å²) >= 11 is 0. The van der Waals surface area contributed by atoms with Crippen molar-refractivity contribution < 1.29 is 4.74 Å². The summed E-state index contributed by atoms with van der Waals surface area (Å²) in [4.78, 5) is 0. The molecule has 55 heavy (non-hydrogen) atoms. The average molecular weight is 701 g/mol. The van der Waals surface area contributed by atoms with Crippen molar-refractivity contribution in [3.63, 3.8) is 0 Å². The molecule has 0 amide bonds. The van der Waals surface area contributed by atoms with E-state index in [1.165, 1.54) is 60.2 Å². The maximum Gasteiger partial charge on any atom is 0.138 e. The number of rotatable bonds is 4. The molecule has 1 aliphatic rings. The van der Waals surface area contributed by atoms with E-state index in [9.17, 15) is 0 Å². The van der Waals surface area contributed by atoms with Gasteiger partial charge in [-0.3, -0.25) is 0 Å². The molecule has 3 heteroatoms. The molecule has 0 spiro atoms. The fourth-order valence-corrected chi connectivity index (χ4v) is 9.08. The van der Waals surface area contributed by atoms with Crippen molar-refractivity contribution in [2.45, 2.75) is 0 Å². The molecule has 1 aliphatic heterocycles. The molecule has 9 aromatic carbocycles. The van der Waals surface area contributed by atoms with Gasteiger partial charge in [-0.05, 0) is 93.9 Å². The molecule has 0 fully saturated rings. The summed E-state index contributed by atoms with van der Waals surface area (Å²) in [6, 6.07) is 70.1. The molecular formula is C52H32N2O. The molecule has 0 aliphatic carbocycles. The highest BCUT2D eigenvalue weighted by molar-refractivity contribution is 6.25. The molecule has 2 aromatic heterocycles. The first-order chi connectivity index (χ1) is 27.3. The monoisotopic (exact) mass is 700 g/mol. The molecule has 256 valence electrons. The second kappa shape index (κ2) is 11.6. The molecule has 0 bridgehead atoms. The van der Waals surface area contributed by atoms with Gasteiger partial charge in [-0.15, -0.1) is 0 Å². The first kappa shape index (κ1) is 30.1. The van der Waals surface area contributed by atoms with E-state index < -0.39 is 0 Å². The van der Waals surface area contributed by atoms with E-state index in [4.69, 9.17) is 4.74 Å². The van der Waals surface area contributed by atoms with Crippen LogP contribution in [0, 0.1) is 0 Å². The van der Waals surface area contributed by atoms with Crippen LogP contribution in [0.2, 0.25) is 0 Å². The Hall–Kier alpha value is -7.36. The van der Waals surface area contributed by atoms with Gasteiger partial charge >= 0.3 is 0 Å². The number of fused-ring (bicyclic) bond motifs is 9. The summed E-state index contributed by atoms with van der Waals surface area (Å²) in [5.74, 6) is 1.76. The molecular weight excluding hydrogens is 669 g/mol. The van der Waals surface area contributed by atoms with Gasteiger partial charge < -0.3 is 13.9 Å². The van der Waals surface area contributed by atoms with Crippen molar-refractivity contribution in [1.29, 1.82) is 0 Å². The lowest BCUT2D eigenvalue weighted by Gasteiger charge is -2.23. The van der Waals surface area contributed by atoms with E-state index in [0.717, 1.165) is 50.5 Å². The predicted molar refractivity (Wildman–Crippen MR) is 229 cm³/mol. The van der Waals surface area contributed by atoms with Crippen LogP contribution in [0.4, 0.5) is 0 Å². The highest BCUT2D eigenvalue weighted by Gasteiger charge is 2.25. The summed E-state index contributed by atoms with van der Waals surface area (Å²) in [6.07, 6.45) is 0. The van der Waals surface area contributed by atoms with Crippen molar-refractivity contribution in [2.75, 3.05) is 0 Å². The molecule has 0 atom stereocenters. The Morgan fingerprint density at radius 3 is 1.75 bits per heavy atom. The van der Waals surface area contributed by atoms with Gasteiger partial charge in [0, 0.05) is 49.9 Å². The van der Waals surface area contributed by atoms with Crippen LogP contribution in [-0.4, -0.2) is 9.13 Å². The fourth-order valence-electron chi connectivity index (χ4n) is 9.08. The standard InChI is InChI=1S/C52H32N2O/c1-3-13-33(14-4-1)35-25-27-47-43(30-35)39-19-7-9-23-45(39)54(47)38-18-11-15-34(29-38)36-26-28-49-44(31-36)40-21-12-22-42-51-41-20-8-10-24-46(41)53(37-16-5-2-6-17-37)48(51)32-50(55-49)52(40)42/h1-32H. The number of benzene rings is 9. The lowest BCUT2D eigenvalue weighted by molar-refractivity contribution is 0.487. The van der Waals surface area contributed by atoms with Gasteiger partial charge in [-0.25, -0.2) is 0 Å². The Labute approximate surface area is 317 Å². The Morgan fingerprint density at radius 2 is 0.891 bits per heavy atom. The summed E-state index contributed by atoms with van der Waals surface area (Å²) in [5, 5.41) is 7.35. The van der Waals surface area contributed by atoms with E-state index in [0.29, 0.717) is 0 Å². The number of aromatic nitrogens is 2. The minimum atomic E-state index is 0.873. The summed E-state index contributed by atoms with van der Waals surface area (Å²) in [5.41, 5.74) is 14.1. The van der Waals surface area contributed by atoms with Crippen LogP contribution >= 0.6 is 0 Å². The SMILES string of the molecule is c1ccc(-c2ccc3c(c2)c2ccccc2n3-c2cccc(-c3ccc4c(c3)-c3cccc5c3c(cc3c5c5ccccc5n3-c3ccccc3)O4)c2)cc1. The smallest absolute Gasteiger partial charge is 0.138 e. The second-order valence-electron chi connectivity index (χ2n) is 14.5. The fraction of sp³-hybridized carbons (Fsp3) is 0. The average Bonchev–Trinajstić information content (AvgIpc) is 3.77. The van der Waals surface area contributed by atoms with Crippen LogP contribution in [-0.2, 0) is 0 Å². The molecule has 0 unspecified atom stereocenters. The third-order valence-electron chi connectivity index (χ3n) is 11.5. The maximum absolute atomic E-state index is 6.84. The van der Waals surface area contributed by atoms with Crippen molar-refractivity contribution in [1.82, 2.24) is 9.13 Å². The molecule has 3 nitrogen and oxygen atoms in total. The Kier molecular flexibility index (Phi) is 6.34. The first-order valence-electron chi connectivity index (χ1n) is 18.8. The molecule has 0 saturated heterocycles. The minimum absolute atomic E-state index is 0.873. The lowest BCUT2D eigenvalue weighted by Crippen LogP contribution is -1.99. The van der Waals surface area contributed by atoms with Crippen LogP contribution in [0.1, 0.15) is 0 Å². The predicted octanol–water partition coefficient (Wildman–Crippen LogP) is 14.1. The molecule has 0 N–H and O–H groups in total. The largest absolute Gasteiger partial charge is 0.456 e. The van der Waals surface area contributed by atoms with Gasteiger partial charge in [0.1, 0.15) is 11.5 Å². The van der Waals surface area contributed by atoms with Gasteiger partial charge in [-0.1, -0.05) is 127 Å². The van der Waals surface area contributed by atoms with E-state index in [2.05, 4.69) is 203 Å². The molecule has 0 saturated carbocycles. The third kappa shape index (κ3) is 4.44. The highest BCUT2D eigenvalue weighted by Crippen LogP contribution is 2.51. The van der Waals surface area contributed by atoms with E-state index >= 15 is 0 Å². The van der Waals surface area contributed by atoms with Crippen molar-refractivity contribution in [3.8, 4) is 56.3 Å². The molecule has 3 heterocycles. The normalized spacial score (nSPS) is 12.1. The van der Waals surface area contributed by atoms with Crippen molar-refractivity contribution >= 4 is 54.4 Å². The van der Waals surface area contributed by atoms with Crippen LogP contribution in [0.15, 0.2) is 194 Å². The van der Waals surface area contributed by atoms with Crippen LogP contribution in [0.5, 0.6) is 11.5 Å². The van der Waals surface area contributed by atoms with Gasteiger partial charge in [0.2, 0.25) is 0 Å². The minimum Gasteiger partial charge on any atom is -0.456 e. The number of nitrogens with zero attached hydrogens (tertiary/aromatic N) is 2. The van der Waals surface area contributed by atoms with E-state index in [-0.39, 0.29) is 0 Å². The van der Waals surface area contributed by atoms with Crippen molar-refractivity contribution in [3.05, 3.63) is 194 Å². The van der Waals surface area contributed by atoms with Crippen LogP contribution in [0.3, 0.4) is 0 Å². The first-order valence-corrected chi connectivity index (χ1v) is 18.8. The zero-order chi connectivity index (χ0) is 36.0.